The summed E-state index contributed by atoms with van der Waals surface area (Å²) in [5.74, 6) is 0.439. The SMILES string of the molecule is Cn1cnc2c(-c3ccc(CCl)nc3)cccc21. The van der Waals surface area contributed by atoms with E-state index in [1.54, 1.807) is 0 Å². The second kappa shape index (κ2) is 4.42. The van der Waals surface area contributed by atoms with Crippen LogP contribution in [-0.2, 0) is 12.9 Å². The van der Waals surface area contributed by atoms with Gasteiger partial charge in [-0.2, -0.15) is 0 Å². The van der Waals surface area contributed by atoms with Crippen LogP contribution in [0.25, 0.3) is 22.2 Å². The van der Waals surface area contributed by atoms with Crippen LogP contribution in [0.15, 0.2) is 42.9 Å². The molecule has 0 saturated carbocycles. The van der Waals surface area contributed by atoms with E-state index < -0.39 is 0 Å². The highest BCUT2D eigenvalue weighted by atomic mass is 35.5. The molecular weight excluding hydrogens is 246 g/mol. The summed E-state index contributed by atoms with van der Waals surface area (Å²) in [5.41, 5.74) is 5.16. The molecule has 0 unspecified atom stereocenters. The number of nitrogens with zero attached hydrogens (tertiary/aromatic N) is 3. The van der Waals surface area contributed by atoms with Gasteiger partial charge in [-0.3, -0.25) is 4.98 Å². The molecule has 0 N–H and O–H groups in total. The van der Waals surface area contributed by atoms with E-state index in [-0.39, 0.29) is 0 Å². The molecule has 4 heteroatoms. The van der Waals surface area contributed by atoms with Crippen molar-refractivity contribution in [1.82, 2.24) is 14.5 Å². The van der Waals surface area contributed by atoms with Crippen LogP contribution in [0.4, 0.5) is 0 Å². The number of aromatic nitrogens is 3. The van der Waals surface area contributed by atoms with Gasteiger partial charge in [0.05, 0.1) is 28.9 Å². The highest BCUT2D eigenvalue weighted by Crippen LogP contribution is 2.26. The molecule has 0 spiro atoms. The number of hydrogen-bond donors (Lipinski definition) is 0. The Hall–Kier alpha value is -1.87. The zero-order valence-electron chi connectivity index (χ0n) is 9.97. The number of pyridine rings is 1. The molecule has 0 aliphatic heterocycles. The number of aryl methyl sites for hydroxylation is 1. The van der Waals surface area contributed by atoms with E-state index in [1.165, 1.54) is 0 Å². The molecule has 0 fully saturated rings. The minimum absolute atomic E-state index is 0.439. The average molecular weight is 258 g/mol. The summed E-state index contributed by atoms with van der Waals surface area (Å²) in [4.78, 5) is 8.77. The quantitative estimate of drug-likeness (QED) is 0.659. The Morgan fingerprint density at radius 3 is 2.78 bits per heavy atom. The summed E-state index contributed by atoms with van der Waals surface area (Å²) in [7, 11) is 1.99. The maximum atomic E-state index is 5.75. The molecule has 0 saturated heterocycles. The third kappa shape index (κ3) is 1.77. The second-order valence-electron chi connectivity index (χ2n) is 4.20. The topological polar surface area (TPSA) is 30.7 Å². The van der Waals surface area contributed by atoms with Gasteiger partial charge in [0.2, 0.25) is 0 Å². The van der Waals surface area contributed by atoms with E-state index in [0.29, 0.717) is 5.88 Å². The molecule has 0 atom stereocenters. The monoisotopic (exact) mass is 257 g/mol. The molecule has 18 heavy (non-hydrogen) atoms. The smallest absolute Gasteiger partial charge is 0.0963 e. The van der Waals surface area contributed by atoms with Gasteiger partial charge in [0, 0.05) is 24.4 Å². The van der Waals surface area contributed by atoms with Gasteiger partial charge in [-0.25, -0.2) is 4.98 Å². The minimum Gasteiger partial charge on any atom is -0.334 e. The van der Waals surface area contributed by atoms with Crippen molar-refractivity contribution in [3.05, 3.63) is 48.5 Å². The molecule has 0 bridgehead atoms. The van der Waals surface area contributed by atoms with Crippen molar-refractivity contribution in [3.8, 4) is 11.1 Å². The maximum absolute atomic E-state index is 5.75. The lowest BCUT2D eigenvalue weighted by atomic mass is 10.1. The number of hydrogen-bond acceptors (Lipinski definition) is 2. The summed E-state index contributed by atoms with van der Waals surface area (Å²) in [6.07, 6.45) is 3.68. The van der Waals surface area contributed by atoms with Crippen LogP contribution >= 0.6 is 11.6 Å². The van der Waals surface area contributed by atoms with Gasteiger partial charge < -0.3 is 4.57 Å². The van der Waals surface area contributed by atoms with Crippen LogP contribution in [0, 0.1) is 0 Å². The molecule has 3 rings (SSSR count). The highest BCUT2D eigenvalue weighted by Gasteiger charge is 2.07. The van der Waals surface area contributed by atoms with E-state index in [4.69, 9.17) is 11.6 Å². The average Bonchev–Trinajstić information content (AvgIpc) is 2.81. The molecule has 1 aromatic carbocycles. The minimum atomic E-state index is 0.439. The summed E-state index contributed by atoms with van der Waals surface area (Å²) in [6, 6.07) is 10.1. The van der Waals surface area contributed by atoms with Gasteiger partial charge in [-0.05, 0) is 12.1 Å². The zero-order valence-corrected chi connectivity index (χ0v) is 10.7. The van der Waals surface area contributed by atoms with Crippen molar-refractivity contribution in [2.75, 3.05) is 0 Å². The van der Waals surface area contributed by atoms with Gasteiger partial charge in [-0.1, -0.05) is 18.2 Å². The zero-order chi connectivity index (χ0) is 12.5. The Labute approximate surface area is 110 Å². The van der Waals surface area contributed by atoms with Crippen LogP contribution < -0.4 is 0 Å². The van der Waals surface area contributed by atoms with E-state index in [9.17, 15) is 0 Å². The van der Waals surface area contributed by atoms with Crippen LogP contribution in [0.3, 0.4) is 0 Å². The maximum Gasteiger partial charge on any atom is 0.0963 e. The Balaban J connectivity index is 2.18. The van der Waals surface area contributed by atoms with Crippen LogP contribution in [0.1, 0.15) is 5.69 Å². The molecule has 0 amide bonds. The Morgan fingerprint density at radius 2 is 2.06 bits per heavy atom. The van der Waals surface area contributed by atoms with Crippen LogP contribution in [-0.4, -0.2) is 14.5 Å². The van der Waals surface area contributed by atoms with Crippen molar-refractivity contribution in [3.63, 3.8) is 0 Å². The lowest BCUT2D eigenvalue weighted by molar-refractivity contribution is 0.948. The van der Waals surface area contributed by atoms with E-state index in [1.807, 2.05) is 42.3 Å². The van der Waals surface area contributed by atoms with Gasteiger partial charge >= 0.3 is 0 Å². The predicted octanol–water partition coefficient (Wildman–Crippen LogP) is 3.37. The highest BCUT2D eigenvalue weighted by molar-refractivity contribution is 6.16. The van der Waals surface area contributed by atoms with Gasteiger partial charge in [-0.15, -0.1) is 11.6 Å². The Bertz CT molecular complexity index is 686. The molecule has 3 nitrogen and oxygen atoms in total. The van der Waals surface area contributed by atoms with Gasteiger partial charge in [0.15, 0.2) is 0 Å². The fourth-order valence-corrected chi connectivity index (χ4v) is 2.21. The first kappa shape index (κ1) is 11.2. The molecular formula is C14H12ClN3. The first-order valence-corrected chi connectivity index (χ1v) is 6.24. The molecule has 0 aliphatic carbocycles. The van der Waals surface area contributed by atoms with Crippen molar-refractivity contribution in [2.45, 2.75) is 5.88 Å². The molecule has 2 aromatic heterocycles. The van der Waals surface area contributed by atoms with E-state index >= 15 is 0 Å². The van der Waals surface area contributed by atoms with Gasteiger partial charge in [0.25, 0.3) is 0 Å². The van der Waals surface area contributed by atoms with Crippen LogP contribution in [0.5, 0.6) is 0 Å². The van der Waals surface area contributed by atoms with Gasteiger partial charge in [0.1, 0.15) is 0 Å². The summed E-state index contributed by atoms with van der Waals surface area (Å²) in [5, 5.41) is 0. The second-order valence-corrected chi connectivity index (χ2v) is 4.47. The third-order valence-electron chi connectivity index (χ3n) is 3.03. The predicted molar refractivity (Wildman–Crippen MR) is 73.5 cm³/mol. The Kier molecular flexibility index (Phi) is 2.76. The number of benzene rings is 1. The summed E-state index contributed by atoms with van der Waals surface area (Å²) < 4.78 is 2.01. The number of halogens is 1. The Morgan fingerprint density at radius 1 is 1.17 bits per heavy atom. The first-order valence-electron chi connectivity index (χ1n) is 5.71. The van der Waals surface area contributed by atoms with Crippen LogP contribution in [0.2, 0.25) is 0 Å². The fraction of sp³-hybridized carbons (Fsp3) is 0.143. The number of rotatable bonds is 2. The summed E-state index contributed by atoms with van der Waals surface area (Å²) >= 11 is 5.75. The molecule has 3 aromatic rings. The molecule has 0 aliphatic rings. The third-order valence-corrected chi connectivity index (χ3v) is 3.30. The largest absolute Gasteiger partial charge is 0.334 e. The number of para-hydroxylation sites is 1. The molecule has 0 radical (unpaired) electrons. The number of alkyl halides is 1. The standard InChI is InChI=1S/C14H12ClN3/c1-18-9-17-14-12(3-2-4-13(14)18)10-5-6-11(7-15)16-8-10/h2-6,8-9H,7H2,1H3. The molecule has 2 heterocycles. The molecule has 90 valence electrons. The number of fused-ring (bicyclic) bond motifs is 1. The fourth-order valence-electron chi connectivity index (χ4n) is 2.05. The van der Waals surface area contributed by atoms with Crippen molar-refractivity contribution >= 4 is 22.6 Å². The lowest BCUT2D eigenvalue weighted by Crippen LogP contribution is -1.88. The van der Waals surface area contributed by atoms with E-state index in [0.717, 1.165) is 27.9 Å². The normalized spacial score (nSPS) is 11.0. The van der Waals surface area contributed by atoms with Crippen molar-refractivity contribution < 1.29 is 0 Å². The first-order chi connectivity index (χ1) is 8.79. The van der Waals surface area contributed by atoms with Crippen molar-refractivity contribution in [2.24, 2.45) is 7.05 Å². The van der Waals surface area contributed by atoms with E-state index in [2.05, 4.69) is 22.1 Å². The number of imidazole rings is 1. The lowest BCUT2D eigenvalue weighted by Gasteiger charge is -2.03. The summed E-state index contributed by atoms with van der Waals surface area (Å²) in [6.45, 7) is 0. The van der Waals surface area contributed by atoms with Crippen molar-refractivity contribution in [1.29, 1.82) is 0 Å².